The van der Waals surface area contributed by atoms with E-state index in [1.54, 1.807) is 98.1 Å². The monoisotopic (exact) mass is 1890 g/mol. The second kappa shape index (κ2) is 40.1. The third-order valence-electron chi connectivity index (χ3n) is 21.7. The summed E-state index contributed by atoms with van der Waals surface area (Å²) in [7, 11) is 1.62. The molecule has 22 aromatic carbocycles. The molecule has 23 aromatic rings. The zero-order valence-electron chi connectivity index (χ0n) is 69.2. The fourth-order valence-corrected chi connectivity index (χ4v) is 16.7. The number of nitro benzene ring substituents is 1. The highest BCUT2D eigenvalue weighted by atomic mass is 127. The second-order valence-electron chi connectivity index (χ2n) is 29.9. The van der Waals surface area contributed by atoms with Crippen molar-refractivity contribution in [2.24, 2.45) is 0 Å². The van der Waals surface area contributed by atoms with Gasteiger partial charge in [-0.1, -0.05) is 324 Å². The standard InChI is InChI=1S/C16H10O.C15H10O3.C14H9NO3.C14H10O.C11H10O2.C11H10O.C10H7BrO.C10H7ClO.C10H7IO/c17-14-9-7-12-5-4-10-2-1-3-11-6-8-13(14)16(12)15(10)11;16-13-11-8-4-5-9-12(11)18-15(14(13)17)10-6-2-1-3-7-10;16-14-12-4-2-1-3-9(12)7-10-8-11(15(17)18)5-6-13(10)14;15-14-12-7-3-1-5-10(12)9-11-6-2-4-8-13(11)14;1-13-11-7-6-10(12)8-4-2-3-5-9(8)11;1-8-5-6-10-9(7-8)3-2-4-11(10)12;3*11-9-5-6-10(12)8-4-2-1-3-7(8)9/h1-9,17H;1-9,17H;1-8,16H;1-9,15H;2-7,12H,1H3;2-7,12H,1H3;3*1-6,12H. The smallest absolute Gasteiger partial charge is 0.270 e. The number of halogens is 3. The number of fused-ring (bicyclic) bond motifs is 10. The lowest BCUT2D eigenvalue weighted by Gasteiger charge is -2.11. The molecule has 0 radical (unpaired) electrons. The minimum Gasteiger partial charge on any atom is -0.507 e. The van der Waals surface area contributed by atoms with Crippen molar-refractivity contribution in [1.82, 2.24) is 0 Å². The van der Waals surface area contributed by atoms with Crippen molar-refractivity contribution < 1.29 is 60.0 Å². The van der Waals surface area contributed by atoms with E-state index in [1.807, 2.05) is 250 Å². The van der Waals surface area contributed by atoms with Gasteiger partial charge in [-0.05, 0) is 180 Å². The zero-order chi connectivity index (χ0) is 90.4. The van der Waals surface area contributed by atoms with Crippen LogP contribution in [0, 0.1) is 20.6 Å². The van der Waals surface area contributed by atoms with Crippen LogP contribution in [0.1, 0.15) is 5.56 Å². The molecule has 0 aliphatic heterocycles. The van der Waals surface area contributed by atoms with Crippen molar-refractivity contribution in [3.05, 3.63) is 433 Å². The van der Waals surface area contributed by atoms with Gasteiger partial charge in [0.15, 0.2) is 5.76 Å². The van der Waals surface area contributed by atoms with Crippen molar-refractivity contribution >= 4 is 196 Å². The number of non-ortho nitro benzene ring substituents is 1. The summed E-state index contributed by atoms with van der Waals surface area (Å²) < 4.78 is 13.0. The third kappa shape index (κ3) is 19.7. The number of aryl methyl sites for hydroxylation is 1. The first-order valence-corrected chi connectivity index (χ1v) is 42.9. The number of para-hydroxylation sites is 1. The number of phenols is 8. The first kappa shape index (κ1) is 88.2. The summed E-state index contributed by atoms with van der Waals surface area (Å²) in [4.78, 5) is 22.3. The normalized spacial score (nSPS) is 10.7. The second-order valence-corrected chi connectivity index (χ2v) is 32.3. The Morgan fingerprint density at radius 3 is 1.29 bits per heavy atom. The van der Waals surface area contributed by atoms with Crippen LogP contribution in [0.15, 0.2) is 408 Å². The third-order valence-corrected chi connectivity index (χ3v) is 23.7. The molecule has 0 unspecified atom stereocenters. The molecule has 0 aliphatic rings. The van der Waals surface area contributed by atoms with Crippen LogP contribution in [0.3, 0.4) is 0 Å². The summed E-state index contributed by atoms with van der Waals surface area (Å²) in [5.41, 5.74) is 1.98. The van der Waals surface area contributed by atoms with Crippen molar-refractivity contribution in [3.63, 3.8) is 0 Å². The van der Waals surface area contributed by atoms with Gasteiger partial charge in [0.1, 0.15) is 57.3 Å². The molecule has 23 rings (SSSR count). The van der Waals surface area contributed by atoms with Gasteiger partial charge in [0.2, 0.25) is 11.2 Å². The summed E-state index contributed by atoms with van der Waals surface area (Å²) >= 11 is 11.6. The number of nitro groups is 1. The average Bonchev–Trinajstić information content (AvgIpc) is 0.748. The number of nitrogens with zero attached hydrogens (tertiary/aromatic N) is 1. The molecule has 1 aromatic heterocycles. The molecule has 1 heterocycles. The molecular formula is C111H80BrClINO14. The van der Waals surface area contributed by atoms with Crippen LogP contribution in [0.25, 0.3) is 152 Å². The molecule has 0 bridgehead atoms. The van der Waals surface area contributed by atoms with Gasteiger partial charge in [-0.15, -0.1) is 0 Å². The van der Waals surface area contributed by atoms with E-state index < -0.39 is 10.4 Å². The molecule has 0 saturated heterocycles. The van der Waals surface area contributed by atoms with Crippen molar-refractivity contribution in [1.29, 1.82) is 0 Å². The molecule has 0 atom stereocenters. The van der Waals surface area contributed by atoms with E-state index in [0.717, 1.165) is 102 Å². The van der Waals surface area contributed by atoms with E-state index in [9.17, 15) is 60.9 Å². The highest BCUT2D eigenvalue weighted by Gasteiger charge is 2.17. The summed E-state index contributed by atoms with van der Waals surface area (Å²) in [5.74, 6) is 3.14. The lowest BCUT2D eigenvalue weighted by atomic mass is 9.94. The SMILES string of the molecule is COc1ccc(O)c2ccccc12.Cc1ccc2c(O)cccc2c1.O=[N+]([O-])c1ccc2c(O)c3ccccc3cc2c1.O=c1c(O)c(-c2ccccc2)oc2ccccc12.Oc1c2ccccc2cc2ccccc12.Oc1ccc(Br)c2ccccc12.Oc1ccc(Cl)c2ccccc12.Oc1ccc(I)c2ccccc12.Oc1ccc2ccc3cccc4ccc1c2c34. The predicted octanol–water partition coefficient (Wildman–Crippen LogP) is 29.8. The molecule has 0 saturated carbocycles. The Bertz CT molecular complexity index is 7750. The van der Waals surface area contributed by atoms with Crippen LogP contribution in [0.5, 0.6) is 57.5 Å². The van der Waals surface area contributed by atoms with E-state index in [4.69, 9.17) is 20.8 Å². The fraction of sp³-hybridized carbons (Fsp3) is 0.0180. The van der Waals surface area contributed by atoms with Crippen LogP contribution >= 0.6 is 50.1 Å². The van der Waals surface area contributed by atoms with Crippen LogP contribution < -0.4 is 10.2 Å². The zero-order valence-corrected chi connectivity index (χ0v) is 73.7. The maximum atomic E-state index is 12.0. The van der Waals surface area contributed by atoms with Gasteiger partial charge in [0.05, 0.1) is 17.4 Å². The van der Waals surface area contributed by atoms with Crippen LogP contribution in [0.4, 0.5) is 5.69 Å². The highest BCUT2D eigenvalue weighted by molar-refractivity contribution is 14.1. The van der Waals surface area contributed by atoms with E-state index >= 15 is 0 Å². The van der Waals surface area contributed by atoms with Gasteiger partial charge >= 0.3 is 0 Å². The number of hydrogen-bond acceptors (Lipinski definition) is 14. The number of benzene rings is 22. The number of ether oxygens (including phenoxy) is 1. The summed E-state index contributed by atoms with van der Waals surface area (Å²) in [5, 5.41) is 123. The average molecular weight is 1890 g/mol. The number of aromatic hydroxyl groups is 9. The van der Waals surface area contributed by atoms with Crippen LogP contribution in [-0.2, 0) is 0 Å². The van der Waals surface area contributed by atoms with Crippen molar-refractivity contribution in [2.45, 2.75) is 6.92 Å². The molecule has 634 valence electrons. The Morgan fingerprint density at radius 1 is 0.326 bits per heavy atom. The fourth-order valence-electron chi connectivity index (χ4n) is 15.3. The van der Waals surface area contributed by atoms with E-state index in [0.29, 0.717) is 61.1 Å². The predicted molar refractivity (Wildman–Crippen MR) is 539 cm³/mol. The van der Waals surface area contributed by atoms with Gasteiger partial charge in [-0.25, -0.2) is 0 Å². The highest BCUT2D eigenvalue weighted by Crippen LogP contribution is 2.42. The molecular weight excluding hydrogens is 1810 g/mol. The number of methoxy groups -OCH3 is 1. The largest absolute Gasteiger partial charge is 0.507 e. The first-order valence-electron chi connectivity index (χ1n) is 40.7. The maximum Gasteiger partial charge on any atom is 0.270 e. The van der Waals surface area contributed by atoms with Crippen LogP contribution in [0.2, 0.25) is 5.02 Å². The summed E-state index contributed by atoms with van der Waals surface area (Å²) in [6, 6.07) is 122. The summed E-state index contributed by atoms with van der Waals surface area (Å²) in [6.07, 6.45) is 0. The van der Waals surface area contributed by atoms with Gasteiger partial charge in [-0.3, -0.25) is 14.9 Å². The Hall–Kier alpha value is -15.7. The van der Waals surface area contributed by atoms with E-state index in [2.05, 4.69) is 87.1 Å². The number of phenolic OH excluding ortho intramolecular Hbond substituents is 8. The lowest BCUT2D eigenvalue weighted by molar-refractivity contribution is -0.384. The number of rotatable bonds is 3. The molecule has 18 heteroatoms. The Labute approximate surface area is 766 Å². The Morgan fingerprint density at radius 2 is 0.713 bits per heavy atom. The molecule has 9 N–H and O–H groups in total. The molecule has 0 spiro atoms. The minimum atomic E-state index is -0.439. The maximum absolute atomic E-state index is 12.0. The molecule has 0 amide bonds. The van der Waals surface area contributed by atoms with Crippen molar-refractivity contribution in [3.8, 4) is 68.8 Å². The first-order chi connectivity index (χ1) is 62.6. The molecule has 0 aliphatic carbocycles. The van der Waals surface area contributed by atoms with Gasteiger partial charge in [0, 0.05) is 101 Å². The topological polar surface area (TPSA) is 265 Å². The Balaban J connectivity index is 0.000000112. The van der Waals surface area contributed by atoms with E-state index in [-0.39, 0.29) is 34.4 Å². The van der Waals surface area contributed by atoms with Gasteiger partial charge in [0.25, 0.3) is 5.69 Å². The van der Waals surface area contributed by atoms with Crippen LogP contribution in [-0.4, -0.2) is 58.0 Å². The van der Waals surface area contributed by atoms with Gasteiger partial charge < -0.3 is 55.1 Å². The number of hydrogen-bond donors (Lipinski definition) is 9. The quantitative estimate of drug-likeness (QED) is 0.0262. The molecule has 0 fully saturated rings. The van der Waals surface area contributed by atoms with Crippen molar-refractivity contribution in [2.75, 3.05) is 7.11 Å². The van der Waals surface area contributed by atoms with Gasteiger partial charge in [-0.2, -0.15) is 0 Å². The molecule has 15 nitrogen and oxygen atoms in total. The summed E-state index contributed by atoms with van der Waals surface area (Å²) in [6.45, 7) is 2.05. The minimum absolute atomic E-state index is 0.0252. The van der Waals surface area contributed by atoms with E-state index in [1.165, 1.54) is 48.2 Å². The Kier molecular flexibility index (Phi) is 27.4. The lowest BCUT2D eigenvalue weighted by Crippen LogP contribution is -2.02. The molecule has 129 heavy (non-hydrogen) atoms.